The third kappa shape index (κ3) is 9.85. The Labute approximate surface area is 289 Å². The van der Waals surface area contributed by atoms with Crippen LogP contribution in [0.1, 0.15) is 117 Å². The highest BCUT2D eigenvalue weighted by Crippen LogP contribution is 2.35. The fourth-order valence-electron chi connectivity index (χ4n) is 9.27. The minimum atomic E-state index is -0.413. The number of ether oxygens (including phenoxy) is 1. The number of hydrogen-bond acceptors (Lipinski definition) is 7. The number of nitrogens with zero attached hydrogens (tertiary/aromatic N) is 2. The molecule has 48 heavy (non-hydrogen) atoms. The van der Waals surface area contributed by atoms with E-state index in [-0.39, 0.29) is 78.5 Å². The minimum Gasteiger partial charge on any atom is -0.394 e. The predicted octanol–water partition coefficient (Wildman–Crippen LogP) is 3.52. The Morgan fingerprint density at radius 1 is 0.896 bits per heavy atom. The van der Waals surface area contributed by atoms with Gasteiger partial charge in [-0.3, -0.25) is 9.59 Å². The lowest BCUT2D eigenvalue weighted by Gasteiger charge is -2.47. The van der Waals surface area contributed by atoms with E-state index in [9.17, 15) is 19.5 Å². The number of urea groups is 1. The monoisotopic (exact) mass is 675 g/mol. The zero-order valence-corrected chi connectivity index (χ0v) is 30.0. The van der Waals surface area contributed by atoms with E-state index in [1.807, 2.05) is 11.8 Å². The van der Waals surface area contributed by atoms with E-state index in [1.165, 1.54) is 6.42 Å². The van der Waals surface area contributed by atoms with Crippen LogP contribution in [-0.4, -0.2) is 108 Å². The normalized spacial score (nSPS) is 36.0. The summed E-state index contributed by atoms with van der Waals surface area (Å²) < 4.78 is 6.98. The Hall–Kier alpha value is -1.95. The Morgan fingerprint density at radius 3 is 2.29 bits per heavy atom. The number of amides is 4. The number of hydrogen-bond donors (Lipinski definition) is 5. The lowest BCUT2D eigenvalue weighted by Crippen LogP contribution is -2.61. The van der Waals surface area contributed by atoms with Crippen LogP contribution in [0, 0.1) is 23.7 Å². The van der Waals surface area contributed by atoms with Gasteiger partial charge in [0, 0.05) is 49.6 Å². The predicted molar refractivity (Wildman–Crippen MR) is 187 cm³/mol. The summed E-state index contributed by atoms with van der Waals surface area (Å²) in [5.41, 5.74) is 6.29. The number of carbonyl (C=O) groups excluding carboxylic acids is 3. The van der Waals surface area contributed by atoms with Crippen molar-refractivity contribution >= 4 is 17.8 Å². The van der Waals surface area contributed by atoms with Crippen LogP contribution in [0.5, 0.6) is 0 Å². The van der Waals surface area contributed by atoms with Gasteiger partial charge in [0.25, 0.3) is 0 Å². The highest BCUT2D eigenvalue weighted by molar-refractivity contribution is 5.81. The number of rotatable bonds is 10. The maximum absolute atomic E-state index is 14.0. The van der Waals surface area contributed by atoms with E-state index in [4.69, 9.17) is 10.5 Å². The number of fused-ring (bicyclic) bond motifs is 1. The summed E-state index contributed by atoms with van der Waals surface area (Å²) in [5.74, 6) is 0.524. The van der Waals surface area contributed by atoms with Crippen molar-refractivity contribution in [3.63, 3.8) is 0 Å². The van der Waals surface area contributed by atoms with Crippen molar-refractivity contribution in [1.29, 1.82) is 0 Å². The second-order valence-electron chi connectivity index (χ2n) is 16.2. The zero-order valence-electron chi connectivity index (χ0n) is 30.0. The van der Waals surface area contributed by atoms with Gasteiger partial charge in [-0.15, -0.1) is 0 Å². The quantitative estimate of drug-likeness (QED) is 0.238. The van der Waals surface area contributed by atoms with Gasteiger partial charge in [0.05, 0.1) is 36.8 Å². The highest BCUT2D eigenvalue weighted by Gasteiger charge is 2.46. The Bertz CT molecular complexity index is 1050. The molecule has 1 heterocycles. The number of nitrogens with two attached hydrogens (primary N) is 1. The average Bonchev–Trinajstić information content (AvgIpc) is 3.08. The molecule has 5 fully saturated rings. The molecule has 274 valence electrons. The van der Waals surface area contributed by atoms with Gasteiger partial charge < -0.3 is 41.3 Å². The molecule has 1 aliphatic heterocycles. The van der Waals surface area contributed by atoms with Crippen LogP contribution in [0.3, 0.4) is 0 Å². The fourth-order valence-corrected chi connectivity index (χ4v) is 9.27. The van der Waals surface area contributed by atoms with Crippen molar-refractivity contribution < 1.29 is 24.2 Å². The van der Waals surface area contributed by atoms with Gasteiger partial charge in [-0.25, -0.2) is 4.79 Å². The molecule has 0 spiro atoms. The van der Waals surface area contributed by atoms with Crippen LogP contribution in [0.4, 0.5) is 4.79 Å². The van der Waals surface area contributed by atoms with Gasteiger partial charge in [-0.2, -0.15) is 0 Å². The molecule has 5 rings (SSSR count). The Kier molecular flexibility index (Phi) is 13.8. The number of aliphatic hydroxyl groups is 1. The van der Waals surface area contributed by atoms with Crippen LogP contribution in [-0.2, 0) is 14.3 Å². The lowest BCUT2D eigenvalue weighted by molar-refractivity contribution is -0.165. The molecule has 11 nitrogen and oxygen atoms in total. The van der Waals surface area contributed by atoms with E-state index in [0.29, 0.717) is 12.5 Å². The molecule has 1 saturated heterocycles. The molecule has 6 N–H and O–H groups in total. The number of nitrogens with one attached hydrogen (secondary N) is 3. The molecule has 5 unspecified atom stereocenters. The molecule has 8 atom stereocenters. The summed E-state index contributed by atoms with van der Waals surface area (Å²) in [6.45, 7) is 6.17. The maximum Gasteiger partial charge on any atom is 0.315 e. The zero-order chi connectivity index (χ0) is 34.2. The van der Waals surface area contributed by atoms with Gasteiger partial charge in [0.2, 0.25) is 11.8 Å². The molecule has 0 aromatic carbocycles. The first-order chi connectivity index (χ1) is 23.1. The molecule has 4 saturated carbocycles. The molecule has 11 heteroatoms. The Morgan fingerprint density at radius 2 is 1.58 bits per heavy atom. The van der Waals surface area contributed by atoms with E-state index in [2.05, 4.69) is 34.8 Å². The van der Waals surface area contributed by atoms with Crippen LogP contribution >= 0.6 is 0 Å². The second-order valence-corrected chi connectivity index (χ2v) is 16.2. The molecule has 0 bridgehead atoms. The van der Waals surface area contributed by atoms with Gasteiger partial charge >= 0.3 is 6.03 Å². The van der Waals surface area contributed by atoms with Crippen molar-refractivity contribution in [2.24, 2.45) is 29.4 Å². The maximum atomic E-state index is 14.0. The van der Waals surface area contributed by atoms with Crippen molar-refractivity contribution in [2.75, 3.05) is 33.3 Å². The van der Waals surface area contributed by atoms with E-state index < -0.39 is 6.10 Å². The molecule has 0 aromatic heterocycles. The molecular formula is C37H66N6O5. The molecule has 0 aromatic rings. The summed E-state index contributed by atoms with van der Waals surface area (Å²) in [6.07, 6.45) is 15.5. The standard InChI is InChI=1S/C37H66N6O5/c1-24-20-43(25(2)23-44)36(46)29-12-9-15-32(41-37(47)39-28-10-5-4-6-11-28)34(29)48-33(24)22-42(3)21-26-16-18-27(19-17-26)35(45)40-31-14-8-7-13-30(31)38/h24-34,44H,4-23,38H2,1-3H3,(H,40,45)(H2,39,41,47)/t24-,25+,26?,27?,29?,30?,31?,32?,33-,34?/m1/s1. The van der Waals surface area contributed by atoms with Crippen LogP contribution in [0.2, 0.25) is 0 Å². The van der Waals surface area contributed by atoms with Crippen molar-refractivity contribution in [3.8, 4) is 0 Å². The van der Waals surface area contributed by atoms with E-state index in [1.54, 1.807) is 0 Å². The van der Waals surface area contributed by atoms with Crippen LogP contribution < -0.4 is 21.7 Å². The summed E-state index contributed by atoms with van der Waals surface area (Å²) in [5, 5.41) is 19.8. The van der Waals surface area contributed by atoms with E-state index in [0.717, 1.165) is 109 Å². The largest absolute Gasteiger partial charge is 0.394 e. The highest BCUT2D eigenvalue weighted by atomic mass is 16.5. The molecule has 4 aliphatic carbocycles. The topological polar surface area (TPSA) is 149 Å². The SMILES string of the molecule is C[C@@H]1CN([C@@H](C)CO)C(=O)C2CCCC(NC(=O)NC3CCCCC3)C2O[C@@H]1CN(C)CC1CCC(C(=O)NC2CCCCC2N)CC1. The molecule has 4 amide bonds. The summed E-state index contributed by atoms with van der Waals surface area (Å²) >= 11 is 0. The summed E-state index contributed by atoms with van der Waals surface area (Å²) in [4.78, 5) is 44.5. The third-order valence-corrected chi connectivity index (χ3v) is 12.4. The summed E-state index contributed by atoms with van der Waals surface area (Å²) in [6, 6.07) is -0.265. The fraction of sp³-hybridized carbons (Fsp3) is 0.919. The number of aliphatic hydroxyl groups excluding tert-OH is 1. The minimum absolute atomic E-state index is 0.0330. The van der Waals surface area contributed by atoms with Crippen molar-refractivity contribution in [2.45, 2.75) is 159 Å². The van der Waals surface area contributed by atoms with Crippen LogP contribution in [0.15, 0.2) is 0 Å². The first-order valence-corrected chi connectivity index (χ1v) is 19.5. The van der Waals surface area contributed by atoms with Gasteiger partial charge in [-0.1, -0.05) is 45.4 Å². The third-order valence-electron chi connectivity index (χ3n) is 12.4. The molecular weight excluding hydrogens is 608 g/mol. The number of likely N-dealkylation sites (N-methyl/N-ethyl adjacent to an activating group) is 1. The Balaban J connectivity index is 1.19. The van der Waals surface area contributed by atoms with Crippen molar-refractivity contribution in [1.82, 2.24) is 25.8 Å². The second kappa shape index (κ2) is 17.8. The smallest absolute Gasteiger partial charge is 0.315 e. The first kappa shape index (κ1) is 37.3. The summed E-state index contributed by atoms with van der Waals surface area (Å²) in [7, 11) is 2.16. The molecule has 5 aliphatic rings. The average molecular weight is 675 g/mol. The first-order valence-electron chi connectivity index (χ1n) is 19.5. The van der Waals surface area contributed by atoms with Crippen LogP contribution in [0.25, 0.3) is 0 Å². The van der Waals surface area contributed by atoms with Crippen molar-refractivity contribution in [3.05, 3.63) is 0 Å². The molecule has 0 radical (unpaired) electrons. The lowest BCUT2D eigenvalue weighted by atomic mass is 9.80. The van der Waals surface area contributed by atoms with Gasteiger partial charge in [0.15, 0.2) is 0 Å². The number of carbonyl (C=O) groups is 3. The van der Waals surface area contributed by atoms with Gasteiger partial charge in [-0.05, 0) is 84.1 Å². The van der Waals surface area contributed by atoms with E-state index >= 15 is 0 Å². The van der Waals surface area contributed by atoms with Gasteiger partial charge in [0.1, 0.15) is 0 Å².